The third-order valence-corrected chi connectivity index (χ3v) is 1.18. The molecule has 1 aliphatic rings. The third kappa shape index (κ3) is 1.52. The van der Waals surface area contributed by atoms with Gasteiger partial charge >= 0.3 is 5.97 Å². The van der Waals surface area contributed by atoms with Gasteiger partial charge in [0.05, 0.1) is 0 Å². The molecule has 0 aromatic carbocycles. The lowest BCUT2D eigenvalue weighted by Crippen LogP contribution is -2.03. The molecule has 0 saturated carbocycles. The normalized spacial score (nSPS) is 17.5. The molecule has 0 aromatic rings. The highest BCUT2D eigenvalue weighted by atomic mass is 19.3. The molecule has 10 heavy (non-hydrogen) atoms. The van der Waals surface area contributed by atoms with Crippen molar-refractivity contribution in [2.45, 2.75) is 12.8 Å². The number of carbonyl (C=O) groups excluding carboxylic acids is 1. The Morgan fingerprint density at radius 1 is 1.70 bits per heavy atom. The number of cyclic esters (lactones) is 1. The SMILES string of the molecule is O=C1OCC=C1CC(F)F. The van der Waals surface area contributed by atoms with Crippen LogP contribution in [0.5, 0.6) is 0 Å². The molecule has 0 aliphatic carbocycles. The van der Waals surface area contributed by atoms with Gasteiger partial charge in [-0.3, -0.25) is 0 Å². The van der Waals surface area contributed by atoms with E-state index in [-0.39, 0.29) is 12.2 Å². The maximum atomic E-state index is 11.6. The summed E-state index contributed by atoms with van der Waals surface area (Å²) in [6.07, 6.45) is -1.57. The predicted molar refractivity (Wildman–Crippen MR) is 29.7 cm³/mol. The van der Waals surface area contributed by atoms with Crippen molar-refractivity contribution in [3.8, 4) is 0 Å². The lowest BCUT2D eigenvalue weighted by atomic mass is 10.2. The van der Waals surface area contributed by atoms with Crippen LogP contribution in [0.25, 0.3) is 0 Å². The molecule has 0 amide bonds. The Morgan fingerprint density at radius 3 is 2.80 bits per heavy atom. The largest absolute Gasteiger partial charge is 0.458 e. The fourth-order valence-electron chi connectivity index (χ4n) is 0.727. The van der Waals surface area contributed by atoms with E-state index in [2.05, 4.69) is 4.74 Å². The van der Waals surface area contributed by atoms with E-state index >= 15 is 0 Å². The van der Waals surface area contributed by atoms with Crippen LogP contribution in [0.3, 0.4) is 0 Å². The topological polar surface area (TPSA) is 26.3 Å². The molecule has 0 atom stereocenters. The number of halogens is 2. The standard InChI is InChI=1S/C6H6F2O2/c7-5(8)3-4-1-2-10-6(4)9/h1,5H,2-3H2. The van der Waals surface area contributed by atoms with Gasteiger partial charge in [-0.15, -0.1) is 0 Å². The summed E-state index contributed by atoms with van der Waals surface area (Å²) in [7, 11) is 0. The molecule has 0 spiro atoms. The maximum Gasteiger partial charge on any atom is 0.334 e. The number of hydrogen-bond donors (Lipinski definition) is 0. The molecule has 0 aromatic heterocycles. The number of ether oxygens (including phenoxy) is 1. The van der Waals surface area contributed by atoms with Gasteiger partial charge in [0, 0.05) is 12.0 Å². The number of hydrogen-bond acceptors (Lipinski definition) is 2. The molecular weight excluding hydrogens is 142 g/mol. The Balaban J connectivity index is 2.48. The van der Waals surface area contributed by atoms with Crippen molar-refractivity contribution in [3.05, 3.63) is 11.6 Å². The van der Waals surface area contributed by atoms with Crippen LogP contribution < -0.4 is 0 Å². The first-order valence-electron chi connectivity index (χ1n) is 2.84. The summed E-state index contributed by atoms with van der Waals surface area (Å²) in [5, 5.41) is 0. The van der Waals surface area contributed by atoms with Crippen molar-refractivity contribution < 1.29 is 18.3 Å². The highest BCUT2D eigenvalue weighted by molar-refractivity contribution is 5.90. The number of rotatable bonds is 2. The molecule has 1 aliphatic heterocycles. The van der Waals surface area contributed by atoms with Crippen molar-refractivity contribution in [1.82, 2.24) is 0 Å². The van der Waals surface area contributed by atoms with E-state index < -0.39 is 18.8 Å². The highest BCUT2D eigenvalue weighted by Gasteiger charge is 2.19. The van der Waals surface area contributed by atoms with E-state index in [9.17, 15) is 13.6 Å². The fourth-order valence-corrected chi connectivity index (χ4v) is 0.727. The van der Waals surface area contributed by atoms with Gasteiger partial charge in [-0.2, -0.15) is 0 Å². The zero-order chi connectivity index (χ0) is 7.56. The molecule has 0 radical (unpaired) electrons. The van der Waals surface area contributed by atoms with Gasteiger partial charge in [-0.25, -0.2) is 13.6 Å². The molecule has 0 saturated heterocycles. The minimum atomic E-state index is -2.46. The number of esters is 1. The Morgan fingerprint density at radius 2 is 2.40 bits per heavy atom. The monoisotopic (exact) mass is 148 g/mol. The Bertz CT molecular complexity index is 175. The molecule has 0 N–H and O–H groups in total. The Hall–Kier alpha value is -0.930. The van der Waals surface area contributed by atoms with Crippen molar-refractivity contribution in [2.24, 2.45) is 0 Å². The van der Waals surface area contributed by atoms with Gasteiger partial charge in [-0.05, 0) is 6.08 Å². The average molecular weight is 148 g/mol. The smallest absolute Gasteiger partial charge is 0.334 e. The zero-order valence-electron chi connectivity index (χ0n) is 5.14. The van der Waals surface area contributed by atoms with Crippen LogP contribution in [0.2, 0.25) is 0 Å². The second-order valence-electron chi connectivity index (χ2n) is 1.92. The van der Waals surface area contributed by atoms with Gasteiger partial charge in [-0.1, -0.05) is 0 Å². The van der Waals surface area contributed by atoms with Gasteiger partial charge in [0.1, 0.15) is 6.61 Å². The summed E-state index contributed by atoms with van der Waals surface area (Å²) >= 11 is 0. The molecule has 0 fully saturated rings. The van der Waals surface area contributed by atoms with Gasteiger partial charge in [0.2, 0.25) is 6.43 Å². The minimum absolute atomic E-state index is 0.0926. The van der Waals surface area contributed by atoms with Crippen molar-refractivity contribution >= 4 is 5.97 Å². The van der Waals surface area contributed by atoms with E-state index in [0.717, 1.165) is 0 Å². The lowest BCUT2D eigenvalue weighted by Gasteiger charge is -1.96. The van der Waals surface area contributed by atoms with Gasteiger partial charge in [0.15, 0.2) is 0 Å². The third-order valence-electron chi connectivity index (χ3n) is 1.18. The fraction of sp³-hybridized carbons (Fsp3) is 0.500. The van der Waals surface area contributed by atoms with Crippen molar-refractivity contribution in [1.29, 1.82) is 0 Å². The van der Waals surface area contributed by atoms with Crippen molar-refractivity contribution in [2.75, 3.05) is 6.61 Å². The summed E-state index contributed by atoms with van der Waals surface area (Å²) in [4.78, 5) is 10.5. The maximum absolute atomic E-state index is 11.6. The molecule has 0 unspecified atom stereocenters. The minimum Gasteiger partial charge on any atom is -0.458 e. The second-order valence-corrected chi connectivity index (χ2v) is 1.92. The van der Waals surface area contributed by atoms with E-state index in [1.807, 2.05) is 0 Å². The molecule has 0 bridgehead atoms. The lowest BCUT2D eigenvalue weighted by molar-refractivity contribution is -0.136. The summed E-state index contributed by atoms with van der Waals surface area (Å²) in [6.45, 7) is 0.140. The Kier molecular flexibility index (Phi) is 1.99. The number of alkyl halides is 2. The summed E-state index contributed by atoms with van der Waals surface area (Å²) in [5.74, 6) is -0.611. The van der Waals surface area contributed by atoms with Gasteiger partial charge < -0.3 is 4.74 Å². The molecule has 1 rings (SSSR count). The summed E-state index contributed by atoms with van der Waals surface area (Å²) in [6, 6.07) is 0. The van der Waals surface area contributed by atoms with Crippen LogP contribution in [0.15, 0.2) is 11.6 Å². The van der Waals surface area contributed by atoms with Gasteiger partial charge in [0.25, 0.3) is 0 Å². The molecule has 2 nitrogen and oxygen atoms in total. The zero-order valence-corrected chi connectivity index (χ0v) is 5.14. The molecule has 56 valence electrons. The van der Waals surface area contributed by atoms with E-state index in [0.29, 0.717) is 0 Å². The van der Waals surface area contributed by atoms with Crippen LogP contribution in [-0.4, -0.2) is 19.0 Å². The molecule has 1 heterocycles. The predicted octanol–water partition coefficient (Wildman–Crippen LogP) is 1.12. The first-order valence-corrected chi connectivity index (χ1v) is 2.84. The molecule has 4 heteroatoms. The first kappa shape index (κ1) is 7.18. The summed E-state index contributed by atoms with van der Waals surface area (Å²) in [5.41, 5.74) is 0.0926. The van der Waals surface area contributed by atoms with Crippen LogP contribution in [-0.2, 0) is 9.53 Å². The highest BCUT2D eigenvalue weighted by Crippen LogP contribution is 2.15. The van der Waals surface area contributed by atoms with E-state index in [1.54, 1.807) is 0 Å². The average Bonchev–Trinajstić information content (AvgIpc) is 2.15. The second kappa shape index (κ2) is 2.77. The first-order chi connectivity index (χ1) is 4.70. The molecular formula is C6H6F2O2. The van der Waals surface area contributed by atoms with E-state index in [4.69, 9.17) is 0 Å². The van der Waals surface area contributed by atoms with Crippen LogP contribution in [0, 0.1) is 0 Å². The van der Waals surface area contributed by atoms with Crippen LogP contribution in [0.1, 0.15) is 6.42 Å². The number of carbonyl (C=O) groups is 1. The van der Waals surface area contributed by atoms with Crippen LogP contribution >= 0.6 is 0 Å². The van der Waals surface area contributed by atoms with Crippen LogP contribution in [0.4, 0.5) is 8.78 Å². The van der Waals surface area contributed by atoms with E-state index in [1.165, 1.54) is 6.08 Å². The quantitative estimate of drug-likeness (QED) is 0.548. The summed E-state index contributed by atoms with van der Waals surface area (Å²) < 4.78 is 27.6. The van der Waals surface area contributed by atoms with Crippen molar-refractivity contribution in [3.63, 3.8) is 0 Å². The Labute approximate surface area is 56.5 Å².